The number of nitriles is 2. The molecule has 0 aliphatic heterocycles. The van der Waals surface area contributed by atoms with E-state index in [-0.39, 0.29) is 12.2 Å². The maximum absolute atomic E-state index is 11.5. The first-order chi connectivity index (χ1) is 10.1. The van der Waals surface area contributed by atoms with Crippen LogP contribution in [0.2, 0.25) is 0 Å². The number of carbonyl (C=O) groups excluding carboxylic acids is 1. The van der Waals surface area contributed by atoms with Crippen LogP contribution in [0, 0.1) is 22.7 Å². The monoisotopic (exact) mass is 283 g/mol. The van der Waals surface area contributed by atoms with E-state index in [1.165, 1.54) is 6.08 Å². The second-order valence-electron chi connectivity index (χ2n) is 4.31. The average molecular weight is 283 g/mol. The van der Waals surface area contributed by atoms with Crippen molar-refractivity contribution in [2.75, 3.05) is 25.1 Å². The van der Waals surface area contributed by atoms with E-state index >= 15 is 0 Å². The second kappa shape index (κ2) is 8.39. The standard InChI is InChI=1S/C16H17N3O2/c1-3-21-16(20)14(12-18)11-13-5-7-15(8-6-13)19(2)10-4-9-17/h5-8,11H,3-4,10H2,1-2H3. The molecule has 1 aromatic rings. The van der Waals surface area contributed by atoms with Crippen LogP contribution in [0.4, 0.5) is 5.69 Å². The lowest BCUT2D eigenvalue weighted by molar-refractivity contribution is -0.137. The van der Waals surface area contributed by atoms with Crippen LogP contribution in [0.15, 0.2) is 29.8 Å². The topological polar surface area (TPSA) is 77.1 Å². The lowest BCUT2D eigenvalue weighted by atomic mass is 10.1. The highest BCUT2D eigenvalue weighted by Gasteiger charge is 2.09. The molecule has 0 radical (unpaired) electrons. The molecule has 0 N–H and O–H groups in total. The van der Waals surface area contributed by atoms with Crippen molar-refractivity contribution in [2.45, 2.75) is 13.3 Å². The van der Waals surface area contributed by atoms with E-state index in [9.17, 15) is 4.79 Å². The van der Waals surface area contributed by atoms with E-state index in [2.05, 4.69) is 6.07 Å². The number of esters is 1. The molecule has 1 aromatic carbocycles. The Hall–Kier alpha value is -2.79. The first-order valence-electron chi connectivity index (χ1n) is 6.59. The Bertz CT molecular complexity index is 591. The highest BCUT2D eigenvalue weighted by molar-refractivity contribution is 5.97. The lowest BCUT2D eigenvalue weighted by Gasteiger charge is -2.17. The molecular weight excluding hydrogens is 266 g/mol. The molecule has 0 aliphatic rings. The summed E-state index contributed by atoms with van der Waals surface area (Å²) in [6, 6.07) is 11.3. The third kappa shape index (κ3) is 5.00. The maximum Gasteiger partial charge on any atom is 0.348 e. The van der Waals surface area contributed by atoms with Gasteiger partial charge in [-0.2, -0.15) is 10.5 Å². The van der Waals surface area contributed by atoms with Crippen LogP contribution in [0.1, 0.15) is 18.9 Å². The fourth-order valence-corrected chi connectivity index (χ4v) is 1.68. The lowest BCUT2D eigenvalue weighted by Crippen LogP contribution is -2.17. The van der Waals surface area contributed by atoms with E-state index < -0.39 is 5.97 Å². The number of carbonyl (C=O) groups is 1. The molecule has 0 atom stereocenters. The Labute approximate surface area is 124 Å². The van der Waals surface area contributed by atoms with Crippen molar-refractivity contribution in [3.63, 3.8) is 0 Å². The number of hydrogen-bond acceptors (Lipinski definition) is 5. The predicted octanol–water partition coefficient (Wildman–Crippen LogP) is 2.51. The van der Waals surface area contributed by atoms with Gasteiger partial charge >= 0.3 is 5.97 Å². The zero-order chi connectivity index (χ0) is 15.7. The minimum atomic E-state index is -0.616. The molecule has 108 valence electrons. The van der Waals surface area contributed by atoms with Gasteiger partial charge in [0.15, 0.2) is 0 Å². The molecule has 0 fully saturated rings. The van der Waals surface area contributed by atoms with E-state index in [0.29, 0.717) is 13.0 Å². The van der Waals surface area contributed by atoms with Gasteiger partial charge in [-0.1, -0.05) is 12.1 Å². The number of benzene rings is 1. The van der Waals surface area contributed by atoms with Crippen molar-refractivity contribution in [3.05, 3.63) is 35.4 Å². The maximum atomic E-state index is 11.5. The number of nitrogens with zero attached hydrogens (tertiary/aromatic N) is 3. The Morgan fingerprint density at radius 2 is 2.00 bits per heavy atom. The molecule has 0 aliphatic carbocycles. The quantitative estimate of drug-likeness (QED) is 0.455. The largest absolute Gasteiger partial charge is 0.462 e. The normalized spacial score (nSPS) is 10.4. The number of anilines is 1. The zero-order valence-electron chi connectivity index (χ0n) is 12.2. The highest BCUT2D eigenvalue weighted by atomic mass is 16.5. The Kier molecular flexibility index (Phi) is 6.50. The van der Waals surface area contributed by atoms with Crippen LogP contribution in [0.25, 0.3) is 6.08 Å². The van der Waals surface area contributed by atoms with E-state index in [4.69, 9.17) is 15.3 Å². The third-order valence-electron chi connectivity index (χ3n) is 2.82. The van der Waals surface area contributed by atoms with Crippen molar-refractivity contribution in [1.82, 2.24) is 0 Å². The number of rotatable bonds is 6. The number of hydrogen-bond donors (Lipinski definition) is 0. The van der Waals surface area contributed by atoms with Crippen LogP contribution >= 0.6 is 0 Å². The Balaban J connectivity index is 2.85. The van der Waals surface area contributed by atoms with Gasteiger partial charge in [-0.25, -0.2) is 4.79 Å². The van der Waals surface area contributed by atoms with Gasteiger partial charge < -0.3 is 9.64 Å². The molecule has 0 unspecified atom stereocenters. The summed E-state index contributed by atoms with van der Waals surface area (Å²) in [6.07, 6.45) is 1.96. The molecule has 0 spiro atoms. The van der Waals surface area contributed by atoms with Gasteiger partial charge in [0.05, 0.1) is 19.1 Å². The fraction of sp³-hybridized carbons (Fsp3) is 0.312. The van der Waals surface area contributed by atoms with Crippen LogP contribution in [0.3, 0.4) is 0 Å². The molecule has 0 heterocycles. The van der Waals surface area contributed by atoms with Crippen molar-refractivity contribution in [2.24, 2.45) is 0 Å². The summed E-state index contributed by atoms with van der Waals surface area (Å²) in [5.74, 6) is -0.616. The van der Waals surface area contributed by atoms with Gasteiger partial charge in [0.25, 0.3) is 0 Å². The van der Waals surface area contributed by atoms with Crippen LogP contribution in [0.5, 0.6) is 0 Å². The molecule has 5 nitrogen and oxygen atoms in total. The minimum absolute atomic E-state index is 0.0255. The van der Waals surface area contributed by atoms with Gasteiger partial charge in [-0.15, -0.1) is 0 Å². The van der Waals surface area contributed by atoms with Crippen LogP contribution in [-0.4, -0.2) is 26.2 Å². The molecule has 0 aromatic heterocycles. The summed E-state index contributed by atoms with van der Waals surface area (Å²) < 4.78 is 4.80. The van der Waals surface area contributed by atoms with Gasteiger partial charge in [-0.3, -0.25) is 0 Å². The molecule has 0 amide bonds. The fourth-order valence-electron chi connectivity index (χ4n) is 1.68. The van der Waals surface area contributed by atoms with Crippen molar-refractivity contribution < 1.29 is 9.53 Å². The summed E-state index contributed by atoms with van der Waals surface area (Å²) in [7, 11) is 1.90. The smallest absolute Gasteiger partial charge is 0.348 e. The molecule has 5 heteroatoms. The van der Waals surface area contributed by atoms with E-state index in [1.807, 2.05) is 42.3 Å². The number of ether oxygens (including phenoxy) is 1. The molecular formula is C16H17N3O2. The van der Waals surface area contributed by atoms with Gasteiger partial charge in [0.1, 0.15) is 11.6 Å². The van der Waals surface area contributed by atoms with Crippen LogP contribution < -0.4 is 4.90 Å². The molecule has 0 saturated heterocycles. The summed E-state index contributed by atoms with van der Waals surface area (Å²) in [4.78, 5) is 13.5. The molecule has 0 bridgehead atoms. The first kappa shape index (κ1) is 16.3. The Morgan fingerprint density at radius 3 is 2.52 bits per heavy atom. The van der Waals surface area contributed by atoms with Gasteiger partial charge in [0, 0.05) is 19.3 Å². The van der Waals surface area contributed by atoms with Crippen LogP contribution in [-0.2, 0) is 9.53 Å². The average Bonchev–Trinajstić information content (AvgIpc) is 2.51. The first-order valence-corrected chi connectivity index (χ1v) is 6.59. The van der Waals surface area contributed by atoms with Crippen molar-refractivity contribution >= 4 is 17.7 Å². The second-order valence-corrected chi connectivity index (χ2v) is 4.31. The molecule has 21 heavy (non-hydrogen) atoms. The molecule has 0 saturated carbocycles. The van der Waals surface area contributed by atoms with E-state index in [0.717, 1.165) is 11.3 Å². The predicted molar refractivity (Wildman–Crippen MR) is 80.2 cm³/mol. The summed E-state index contributed by atoms with van der Waals surface area (Å²) >= 11 is 0. The van der Waals surface area contributed by atoms with E-state index in [1.54, 1.807) is 6.92 Å². The highest BCUT2D eigenvalue weighted by Crippen LogP contribution is 2.16. The molecule has 1 rings (SSSR count). The van der Waals surface area contributed by atoms with Crippen molar-refractivity contribution in [1.29, 1.82) is 10.5 Å². The van der Waals surface area contributed by atoms with Gasteiger partial charge in [-0.05, 0) is 30.7 Å². The third-order valence-corrected chi connectivity index (χ3v) is 2.82. The Morgan fingerprint density at radius 1 is 1.33 bits per heavy atom. The zero-order valence-corrected chi connectivity index (χ0v) is 12.2. The van der Waals surface area contributed by atoms with Crippen molar-refractivity contribution in [3.8, 4) is 12.1 Å². The minimum Gasteiger partial charge on any atom is -0.462 e. The SMILES string of the molecule is CCOC(=O)C(C#N)=Cc1ccc(N(C)CCC#N)cc1. The summed E-state index contributed by atoms with van der Waals surface area (Å²) in [6.45, 7) is 2.58. The summed E-state index contributed by atoms with van der Waals surface area (Å²) in [5.41, 5.74) is 1.69. The van der Waals surface area contributed by atoms with Gasteiger partial charge in [0.2, 0.25) is 0 Å². The summed E-state index contributed by atoms with van der Waals surface area (Å²) in [5, 5.41) is 17.5.